The molecule has 5 nitrogen and oxygen atoms in total. The maximum absolute atomic E-state index is 12.8. The fourth-order valence-electron chi connectivity index (χ4n) is 4.01. The molecule has 2 rings (SSSR count). The second kappa shape index (κ2) is 6.34. The van der Waals surface area contributed by atoms with Crippen molar-refractivity contribution in [3.63, 3.8) is 0 Å². The van der Waals surface area contributed by atoms with Crippen LogP contribution in [0.2, 0.25) is 0 Å². The minimum Gasteiger partial charge on any atom is -0.480 e. The average molecular weight is 296 g/mol. The van der Waals surface area contributed by atoms with Gasteiger partial charge in [-0.05, 0) is 38.1 Å². The van der Waals surface area contributed by atoms with Gasteiger partial charge in [-0.3, -0.25) is 4.79 Å². The zero-order chi connectivity index (χ0) is 15.5. The highest BCUT2D eigenvalue weighted by molar-refractivity contribution is 5.90. The van der Waals surface area contributed by atoms with E-state index in [4.69, 9.17) is 0 Å². The Morgan fingerprint density at radius 1 is 1.38 bits per heavy atom. The van der Waals surface area contributed by atoms with Crippen molar-refractivity contribution < 1.29 is 14.7 Å². The highest BCUT2D eigenvalue weighted by Crippen LogP contribution is 2.36. The van der Waals surface area contributed by atoms with Gasteiger partial charge in [0.2, 0.25) is 5.91 Å². The van der Waals surface area contributed by atoms with Crippen LogP contribution in [0.5, 0.6) is 0 Å². The van der Waals surface area contributed by atoms with Crippen molar-refractivity contribution in [1.29, 1.82) is 0 Å². The van der Waals surface area contributed by atoms with Crippen molar-refractivity contribution in [2.75, 3.05) is 13.1 Å². The molecule has 1 saturated heterocycles. The number of carbonyl (C=O) groups excluding carboxylic acids is 1. The number of amides is 1. The lowest BCUT2D eigenvalue weighted by molar-refractivity contribution is -0.152. The fraction of sp³-hybridized carbons (Fsp3) is 0.875. The molecule has 3 N–H and O–H groups in total. The van der Waals surface area contributed by atoms with Gasteiger partial charge < -0.3 is 15.7 Å². The van der Waals surface area contributed by atoms with Crippen molar-refractivity contribution in [2.24, 2.45) is 11.3 Å². The molecule has 0 aromatic carbocycles. The summed E-state index contributed by atoms with van der Waals surface area (Å²) in [6, 6.07) is 0. The van der Waals surface area contributed by atoms with Crippen LogP contribution in [0.3, 0.4) is 0 Å². The highest BCUT2D eigenvalue weighted by Gasteiger charge is 2.48. The van der Waals surface area contributed by atoms with Crippen LogP contribution in [0.25, 0.3) is 0 Å². The third kappa shape index (κ3) is 3.23. The predicted octanol–water partition coefficient (Wildman–Crippen LogP) is 1.92. The monoisotopic (exact) mass is 296 g/mol. The molecule has 21 heavy (non-hydrogen) atoms. The molecular formula is C16H28N2O3. The smallest absolute Gasteiger partial charge is 0.329 e. The van der Waals surface area contributed by atoms with Crippen molar-refractivity contribution in [1.82, 2.24) is 10.6 Å². The van der Waals surface area contributed by atoms with Crippen molar-refractivity contribution in [3.05, 3.63) is 0 Å². The Bertz CT molecular complexity index is 404. The van der Waals surface area contributed by atoms with Gasteiger partial charge in [-0.25, -0.2) is 4.79 Å². The molecule has 3 atom stereocenters. The highest BCUT2D eigenvalue weighted by atomic mass is 16.4. The summed E-state index contributed by atoms with van der Waals surface area (Å²) in [5, 5.41) is 15.9. The number of nitrogens with one attached hydrogen (secondary N) is 2. The van der Waals surface area contributed by atoms with E-state index in [-0.39, 0.29) is 5.91 Å². The maximum Gasteiger partial charge on any atom is 0.329 e. The Morgan fingerprint density at radius 2 is 2.14 bits per heavy atom. The van der Waals surface area contributed by atoms with Gasteiger partial charge in [-0.15, -0.1) is 0 Å². The van der Waals surface area contributed by atoms with Crippen LogP contribution in [0, 0.1) is 11.3 Å². The molecule has 1 aliphatic heterocycles. The maximum atomic E-state index is 12.8. The molecule has 120 valence electrons. The van der Waals surface area contributed by atoms with E-state index in [9.17, 15) is 14.7 Å². The second-order valence-corrected chi connectivity index (χ2v) is 7.00. The van der Waals surface area contributed by atoms with E-state index in [2.05, 4.69) is 24.5 Å². The first-order valence-electron chi connectivity index (χ1n) is 8.21. The molecule has 1 aliphatic carbocycles. The number of carboxylic acids is 1. The molecule has 0 aromatic heterocycles. The Morgan fingerprint density at radius 3 is 2.67 bits per heavy atom. The lowest BCUT2D eigenvalue weighted by Gasteiger charge is -2.39. The molecule has 0 bridgehead atoms. The SMILES string of the molecule is CCCC1(C(=O)NC2(C(=O)O)CCCC(C)C2)CCNC1. The zero-order valence-electron chi connectivity index (χ0n) is 13.2. The first-order chi connectivity index (χ1) is 9.94. The number of carboxylic acid groups (broad SMARTS) is 1. The van der Waals surface area contributed by atoms with E-state index in [0.29, 0.717) is 25.3 Å². The fourth-order valence-corrected chi connectivity index (χ4v) is 4.01. The van der Waals surface area contributed by atoms with Gasteiger partial charge in [0.05, 0.1) is 5.41 Å². The largest absolute Gasteiger partial charge is 0.480 e. The number of carbonyl (C=O) groups is 2. The normalized spacial score (nSPS) is 36.4. The summed E-state index contributed by atoms with van der Waals surface area (Å²) in [4.78, 5) is 24.6. The molecule has 2 fully saturated rings. The molecule has 1 heterocycles. The summed E-state index contributed by atoms with van der Waals surface area (Å²) in [5.41, 5.74) is -1.48. The number of rotatable bonds is 5. The second-order valence-electron chi connectivity index (χ2n) is 7.00. The van der Waals surface area contributed by atoms with Gasteiger partial charge in [-0.2, -0.15) is 0 Å². The van der Waals surface area contributed by atoms with Gasteiger partial charge >= 0.3 is 5.97 Å². The zero-order valence-corrected chi connectivity index (χ0v) is 13.2. The average Bonchev–Trinajstić information content (AvgIpc) is 2.89. The van der Waals surface area contributed by atoms with Crippen LogP contribution in [-0.2, 0) is 9.59 Å². The third-order valence-electron chi connectivity index (χ3n) is 5.21. The first-order valence-corrected chi connectivity index (χ1v) is 8.21. The minimum absolute atomic E-state index is 0.0640. The van der Waals surface area contributed by atoms with Crippen LogP contribution < -0.4 is 10.6 Å². The quantitative estimate of drug-likeness (QED) is 0.724. The lowest BCUT2D eigenvalue weighted by Crippen LogP contribution is -2.60. The van der Waals surface area contributed by atoms with Crippen molar-refractivity contribution in [3.8, 4) is 0 Å². The van der Waals surface area contributed by atoms with E-state index < -0.39 is 16.9 Å². The van der Waals surface area contributed by atoms with Crippen molar-refractivity contribution in [2.45, 2.75) is 64.3 Å². The van der Waals surface area contributed by atoms with Crippen molar-refractivity contribution >= 4 is 11.9 Å². The van der Waals surface area contributed by atoms with Crippen LogP contribution in [0.4, 0.5) is 0 Å². The topological polar surface area (TPSA) is 78.4 Å². The number of aliphatic carboxylic acids is 1. The first kappa shape index (κ1) is 16.3. The number of hydrogen-bond acceptors (Lipinski definition) is 3. The molecule has 1 amide bonds. The third-order valence-corrected chi connectivity index (χ3v) is 5.21. The summed E-state index contributed by atoms with van der Waals surface area (Å²) in [7, 11) is 0. The molecule has 3 unspecified atom stereocenters. The predicted molar refractivity (Wildman–Crippen MR) is 81.0 cm³/mol. The minimum atomic E-state index is -1.06. The molecule has 0 aromatic rings. The molecule has 0 spiro atoms. The summed E-state index contributed by atoms with van der Waals surface area (Å²) in [6.45, 7) is 5.65. The lowest BCUT2D eigenvalue weighted by atomic mass is 9.74. The van der Waals surface area contributed by atoms with Crippen LogP contribution in [0.15, 0.2) is 0 Å². The van der Waals surface area contributed by atoms with Gasteiger partial charge in [0.15, 0.2) is 0 Å². The van der Waals surface area contributed by atoms with Crippen LogP contribution in [-0.4, -0.2) is 35.6 Å². The van der Waals surface area contributed by atoms with E-state index >= 15 is 0 Å². The Labute approximate surface area is 126 Å². The standard InChI is InChI=1S/C16H28N2O3/c1-3-6-15(8-9-17-11-15)13(19)18-16(14(20)21)7-4-5-12(2)10-16/h12,17H,3-11H2,1-2H3,(H,18,19)(H,20,21). The molecular weight excluding hydrogens is 268 g/mol. The molecule has 1 saturated carbocycles. The van der Waals surface area contributed by atoms with E-state index in [1.165, 1.54) is 0 Å². The summed E-state index contributed by atoms with van der Waals surface area (Å²) in [5.74, 6) is -0.593. The molecule has 2 aliphatic rings. The van der Waals surface area contributed by atoms with Gasteiger partial charge in [0, 0.05) is 6.54 Å². The van der Waals surface area contributed by atoms with E-state index in [1.54, 1.807) is 0 Å². The number of hydrogen-bond donors (Lipinski definition) is 3. The Balaban J connectivity index is 2.16. The van der Waals surface area contributed by atoms with Gasteiger partial charge in [-0.1, -0.05) is 33.1 Å². The summed E-state index contributed by atoms with van der Waals surface area (Å²) < 4.78 is 0. The van der Waals surface area contributed by atoms with Gasteiger partial charge in [0.25, 0.3) is 0 Å². The van der Waals surface area contributed by atoms with Crippen LogP contribution >= 0.6 is 0 Å². The van der Waals surface area contributed by atoms with E-state index in [0.717, 1.165) is 38.6 Å². The molecule has 0 radical (unpaired) electrons. The van der Waals surface area contributed by atoms with Crippen LogP contribution in [0.1, 0.15) is 58.8 Å². The Hall–Kier alpha value is -1.10. The van der Waals surface area contributed by atoms with E-state index in [1.807, 2.05) is 0 Å². The summed E-state index contributed by atoms with van der Waals surface area (Å²) in [6.07, 6.45) is 5.57. The Kier molecular flexibility index (Phi) is 4.91. The molecule has 5 heteroatoms. The van der Waals surface area contributed by atoms with Gasteiger partial charge in [0.1, 0.15) is 5.54 Å². The summed E-state index contributed by atoms with van der Waals surface area (Å²) >= 11 is 0.